The Bertz CT molecular complexity index is 464. The molecular weight excluding hydrogens is 242 g/mol. The molecular formula is C9H13N5S2. The van der Waals surface area contributed by atoms with Gasteiger partial charge in [-0.3, -0.25) is 0 Å². The van der Waals surface area contributed by atoms with Crippen LogP contribution in [0.4, 0.5) is 0 Å². The first-order valence-corrected chi connectivity index (χ1v) is 6.55. The van der Waals surface area contributed by atoms with Crippen LogP contribution in [0.25, 0.3) is 0 Å². The average molecular weight is 255 g/mol. The highest BCUT2D eigenvalue weighted by atomic mass is 32.2. The number of nitrogens with zero attached hydrogens (tertiary/aromatic N) is 4. The predicted molar refractivity (Wildman–Crippen MR) is 65.5 cm³/mol. The molecule has 2 aromatic heterocycles. The minimum absolute atomic E-state index is 0.225. The van der Waals surface area contributed by atoms with Gasteiger partial charge in [-0.15, -0.1) is 16.4 Å². The summed E-state index contributed by atoms with van der Waals surface area (Å²) >= 11 is 3.37. The molecule has 2 heterocycles. The summed E-state index contributed by atoms with van der Waals surface area (Å²) in [5.41, 5.74) is 5.79. The molecule has 2 N–H and O–H groups in total. The minimum atomic E-state index is 0.225. The first-order valence-electron chi connectivity index (χ1n) is 4.86. The van der Waals surface area contributed by atoms with Gasteiger partial charge in [-0.1, -0.05) is 11.8 Å². The molecule has 86 valence electrons. The molecule has 2 aromatic rings. The predicted octanol–water partition coefficient (Wildman–Crippen LogP) is 1.37. The maximum atomic E-state index is 5.79. The van der Waals surface area contributed by atoms with Crippen molar-refractivity contribution in [1.29, 1.82) is 0 Å². The molecule has 1 atom stereocenters. The summed E-state index contributed by atoms with van der Waals surface area (Å²) in [6.45, 7) is 2.67. The van der Waals surface area contributed by atoms with E-state index in [1.54, 1.807) is 27.8 Å². The standard InChI is InChI=1S/C9H13N5S2/c1-6-3-4-7(15-6)8(5-10)16-9-11-12-13-14(9)2/h3-4,8H,5,10H2,1-2H3. The van der Waals surface area contributed by atoms with E-state index >= 15 is 0 Å². The van der Waals surface area contributed by atoms with Gasteiger partial charge in [-0.2, -0.15) is 0 Å². The Hall–Kier alpha value is -0.920. The van der Waals surface area contributed by atoms with Crippen molar-refractivity contribution in [3.05, 3.63) is 21.9 Å². The second kappa shape index (κ2) is 4.94. The topological polar surface area (TPSA) is 69.6 Å². The molecule has 0 fully saturated rings. The van der Waals surface area contributed by atoms with Crippen molar-refractivity contribution in [3.8, 4) is 0 Å². The van der Waals surface area contributed by atoms with Gasteiger partial charge < -0.3 is 5.73 Å². The van der Waals surface area contributed by atoms with E-state index < -0.39 is 0 Å². The Morgan fingerprint density at radius 2 is 2.38 bits per heavy atom. The molecule has 0 radical (unpaired) electrons. The van der Waals surface area contributed by atoms with Gasteiger partial charge in [0.2, 0.25) is 5.16 Å². The average Bonchev–Trinajstić information content (AvgIpc) is 2.85. The monoisotopic (exact) mass is 255 g/mol. The van der Waals surface area contributed by atoms with Crippen LogP contribution in [0.2, 0.25) is 0 Å². The van der Waals surface area contributed by atoms with Crippen LogP contribution in [0.3, 0.4) is 0 Å². The normalized spacial score (nSPS) is 12.9. The molecule has 2 rings (SSSR count). The Balaban J connectivity index is 2.15. The highest BCUT2D eigenvalue weighted by Gasteiger charge is 2.16. The van der Waals surface area contributed by atoms with Crippen molar-refractivity contribution >= 4 is 23.1 Å². The number of hydrogen-bond acceptors (Lipinski definition) is 6. The molecule has 0 aliphatic rings. The lowest BCUT2D eigenvalue weighted by molar-refractivity contribution is 0.663. The molecule has 16 heavy (non-hydrogen) atoms. The Morgan fingerprint density at radius 3 is 2.88 bits per heavy atom. The van der Waals surface area contributed by atoms with Gasteiger partial charge in [0.25, 0.3) is 0 Å². The molecule has 7 heteroatoms. The van der Waals surface area contributed by atoms with Gasteiger partial charge in [0, 0.05) is 23.3 Å². The van der Waals surface area contributed by atoms with E-state index in [-0.39, 0.29) is 5.25 Å². The molecule has 0 saturated carbocycles. The summed E-state index contributed by atoms with van der Waals surface area (Å²) in [7, 11) is 1.83. The molecule has 0 aromatic carbocycles. The molecule has 0 saturated heterocycles. The van der Waals surface area contributed by atoms with Crippen LogP contribution in [0.5, 0.6) is 0 Å². The van der Waals surface area contributed by atoms with E-state index in [1.807, 2.05) is 7.05 Å². The van der Waals surface area contributed by atoms with E-state index in [2.05, 4.69) is 34.6 Å². The Kier molecular flexibility index (Phi) is 3.57. The molecule has 5 nitrogen and oxygen atoms in total. The molecule has 0 amide bonds. The van der Waals surface area contributed by atoms with Crippen molar-refractivity contribution in [2.45, 2.75) is 17.3 Å². The van der Waals surface area contributed by atoms with E-state index in [0.717, 1.165) is 5.16 Å². The Labute approximate surface area is 102 Å². The zero-order valence-corrected chi connectivity index (χ0v) is 10.8. The number of aryl methyl sites for hydroxylation is 2. The lowest BCUT2D eigenvalue weighted by Crippen LogP contribution is -2.09. The molecule has 1 unspecified atom stereocenters. The third kappa shape index (κ3) is 2.42. The smallest absolute Gasteiger partial charge is 0.209 e. The first kappa shape index (κ1) is 11.6. The zero-order valence-electron chi connectivity index (χ0n) is 9.12. The number of thiophene rings is 1. The summed E-state index contributed by atoms with van der Waals surface area (Å²) in [6, 6.07) is 4.23. The van der Waals surface area contributed by atoms with E-state index in [9.17, 15) is 0 Å². The van der Waals surface area contributed by atoms with Crippen LogP contribution in [0, 0.1) is 6.92 Å². The molecule has 0 aliphatic heterocycles. The van der Waals surface area contributed by atoms with Crippen molar-refractivity contribution < 1.29 is 0 Å². The van der Waals surface area contributed by atoms with Crippen LogP contribution >= 0.6 is 23.1 Å². The summed E-state index contributed by atoms with van der Waals surface area (Å²) in [5.74, 6) is 0. The number of nitrogens with two attached hydrogens (primary N) is 1. The van der Waals surface area contributed by atoms with Crippen molar-refractivity contribution in [3.63, 3.8) is 0 Å². The van der Waals surface area contributed by atoms with Gasteiger partial charge in [-0.25, -0.2) is 4.68 Å². The van der Waals surface area contributed by atoms with Gasteiger partial charge in [0.1, 0.15) is 0 Å². The number of thioether (sulfide) groups is 1. The summed E-state index contributed by atoms with van der Waals surface area (Å²) in [5, 5.41) is 12.4. The summed E-state index contributed by atoms with van der Waals surface area (Å²) in [4.78, 5) is 2.57. The number of aromatic nitrogens is 4. The van der Waals surface area contributed by atoms with Gasteiger partial charge in [0.05, 0.1) is 5.25 Å². The third-order valence-corrected chi connectivity index (χ3v) is 4.67. The fourth-order valence-electron chi connectivity index (χ4n) is 1.30. The number of tetrazole rings is 1. The maximum absolute atomic E-state index is 5.79. The first-order chi connectivity index (χ1) is 7.70. The Morgan fingerprint density at radius 1 is 1.56 bits per heavy atom. The lowest BCUT2D eigenvalue weighted by Gasteiger charge is -2.10. The second-order valence-corrected chi connectivity index (χ2v) is 5.87. The van der Waals surface area contributed by atoms with Crippen LogP contribution in [0.1, 0.15) is 15.0 Å². The lowest BCUT2D eigenvalue weighted by atomic mass is 10.3. The van der Waals surface area contributed by atoms with Gasteiger partial charge >= 0.3 is 0 Å². The van der Waals surface area contributed by atoms with Crippen LogP contribution in [-0.2, 0) is 7.05 Å². The number of hydrogen-bond donors (Lipinski definition) is 1. The van der Waals surface area contributed by atoms with Crippen molar-refractivity contribution in [1.82, 2.24) is 20.2 Å². The minimum Gasteiger partial charge on any atom is -0.329 e. The van der Waals surface area contributed by atoms with E-state index in [1.165, 1.54) is 9.75 Å². The quantitative estimate of drug-likeness (QED) is 0.836. The van der Waals surface area contributed by atoms with Gasteiger partial charge in [0.15, 0.2) is 0 Å². The fraction of sp³-hybridized carbons (Fsp3) is 0.444. The molecule has 0 bridgehead atoms. The molecule has 0 aliphatic carbocycles. The van der Waals surface area contributed by atoms with E-state index in [4.69, 9.17) is 5.73 Å². The second-order valence-electron chi connectivity index (χ2n) is 3.38. The number of rotatable bonds is 4. The van der Waals surface area contributed by atoms with Crippen LogP contribution in [-0.4, -0.2) is 26.8 Å². The van der Waals surface area contributed by atoms with Crippen molar-refractivity contribution in [2.75, 3.05) is 6.54 Å². The molecule has 0 spiro atoms. The largest absolute Gasteiger partial charge is 0.329 e. The van der Waals surface area contributed by atoms with Gasteiger partial charge in [-0.05, 0) is 29.5 Å². The highest BCUT2D eigenvalue weighted by molar-refractivity contribution is 7.99. The zero-order chi connectivity index (χ0) is 11.5. The third-order valence-electron chi connectivity index (χ3n) is 2.12. The highest BCUT2D eigenvalue weighted by Crippen LogP contribution is 2.36. The van der Waals surface area contributed by atoms with Crippen LogP contribution in [0.15, 0.2) is 17.3 Å². The SMILES string of the molecule is Cc1ccc(C(CN)Sc2nnnn2C)s1. The van der Waals surface area contributed by atoms with E-state index in [0.29, 0.717) is 6.54 Å². The maximum Gasteiger partial charge on any atom is 0.209 e. The van der Waals surface area contributed by atoms with Crippen LogP contribution < -0.4 is 5.73 Å². The summed E-state index contributed by atoms with van der Waals surface area (Å²) in [6.07, 6.45) is 0. The summed E-state index contributed by atoms with van der Waals surface area (Å²) < 4.78 is 1.66. The van der Waals surface area contributed by atoms with Crippen molar-refractivity contribution in [2.24, 2.45) is 12.8 Å². The fourth-order valence-corrected chi connectivity index (χ4v) is 3.28.